The van der Waals surface area contributed by atoms with Crippen molar-refractivity contribution in [2.45, 2.75) is 41.2 Å². The van der Waals surface area contributed by atoms with Crippen molar-refractivity contribution in [2.75, 3.05) is 16.4 Å². The number of nitrogen functional groups attached to an aromatic ring is 1. The van der Waals surface area contributed by atoms with Gasteiger partial charge in [0.1, 0.15) is 23.5 Å². The molecule has 0 bridgehead atoms. The highest BCUT2D eigenvalue weighted by Gasteiger charge is 2.20. The Kier molecular flexibility index (Phi) is 8.71. The number of carbonyl (C=O) groups excluding carboxylic acids is 1. The Morgan fingerprint density at radius 1 is 1.00 bits per heavy atom. The molecule has 0 aliphatic heterocycles. The lowest BCUT2D eigenvalue weighted by molar-refractivity contribution is -0.114. The van der Waals surface area contributed by atoms with Gasteiger partial charge in [0.25, 0.3) is 5.56 Å². The van der Waals surface area contributed by atoms with E-state index in [9.17, 15) is 9.59 Å². The molecule has 0 fully saturated rings. The Balaban J connectivity index is 0.00000196. The van der Waals surface area contributed by atoms with Crippen LogP contribution in [0.15, 0.2) is 82.3 Å². The van der Waals surface area contributed by atoms with Crippen LogP contribution in [0.4, 0.5) is 17.7 Å². The van der Waals surface area contributed by atoms with Crippen LogP contribution in [0.25, 0.3) is 27.6 Å². The molecule has 0 spiro atoms. The summed E-state index contributed by atoms with van der Waals surface area (Å²) < 4.78 is 7.36. The van der Waals surface area contributed by atoms with Crippen molar-refractivity contribution in [3.8, 4) is 5.69 Å². The van der Waals surface area contributed by atoms with Crippen molar-refractivity contribution in [2.24, 2.45) is 0 Å². The standard InChI is InChI=1S/C32H28N8O3.C2H6/c1-17-7-4-5-10-24(17)40-22(13-20-9-6-8-18(2)26(20)31(40)42)15-35-30-27(29(34)36-16-37-30)28(33)21-11-12-23-25(14-21)43-32(39-23)38-19(3)41;1-2/h4-14,16,33H,15H2,1-3H3,(H,38,39,41)(H3,34,35,36,37);1-2H3. The Bertz CT molecular complexity index is 2130. The van der Waals surface area contributed by atoms with Gasteiger partial charge in [0.2, 0.25) is 5.91 Å². The molecular formula is C34H34N8O3. The van der Waals surface area contributed by atoms with Gasteiger partial charge in [0.05, 0.1) is 28.9 Å². The largest absolute Gasteiger partial charge is 0.423 e. The van der Waals surface area contributed by atoms with E-state index in [0.717, 1.165) is 22.2 Å². The molecule has 3 aromatic heterocycles. The van der Waals surface area contributed by atoms with E-state index in [1.54, 1.807) is 22.8 Å². The van der Waals surface area contributed by atoms with Crippen LogP contribution in [0.2, 0.25) is 0 Å². The quantitative estimate of drug-likeness (QED) is 0.158. The summed E-state index contributed by atoms with van der Waals surface area (Å²) in [7, 11) is 0. The number of oxazole rings is 1. The average Bonchev–Trinajstić information content (AvgIpc) is 3.42. The van der Waals surface area contributed by atoms with Crippen LogP contribution in [-0.4, -0.2) is 31.1 Å². The van der Waals surface area contributed by atoms with Gasteiger partial charge in [-0.3, -0.25) is 24.9 Å². The van der Waals surface area contributed by atoms with E-state index in [2.05, 4.69) is 25.6 Å². The van der Waals surface area contributed by atoms with Crippen molar-refractivity contribution in [3.63, 3.8) is 0 Å². The minimum Gasteiger partial charge on any atom is -0.423 e. The molecular weight excluding hydrogens is 568 g/mol. The molecule has 6 rings (SSSR count). The van der Waals surface area contributed by atoms with Crippen molar-refractivity contribution in [1.29, 1.82) is 5.41 Å². The highest BCUT2D eigenvalue weighted by molar-refractivity contribution is 6.17. The van der Waals surface area contributed by atoms with Crippen LogP contribution >= 0.6 is 0 Å². The number of nitrogens with zero attached hydrogens (tertiary/aromatic N) is 4. The molecule has 11 nitrogen and oxygen atoms in total. The maximum atomic E-state index is 13.9. The molecule has 6 aromatic rings. The molecule has 5 N–H and O–H groups in total. The third-order valence-corrected chi connectivity index (χ3v) is 7.21. The molecule has 0 saturated carbocycles. The van der Waals surface area contributed by atoms with Gasteiger partial charge in [0, 0.05) is 18.2 Å². The van der Waals surface area contributed by atoms with E-state index in [1.807, 2.05) is 76.2 Å². The average molecular weight is 603 g/mol. The molecule has 0 unspecified atom stereocenters. The van der Waals surface area contributed by atoms with E-state index in [-0.39, 0.29) is 35.6 Å². The van der Waals surface area contributed by atoms with Gasteiger partial charge in [-0.05, 0) is 54.6 Å². The minimum absolute atomic E-state index is 0.0606. The lowest BCUT2D eigenvalue weighted by Crippen LogP contribution is -2.25. The zero-order valence-corrected chi connectivity index (χ0v) is 25.7. The van der Waals surface area contributed by atoms with Crippen LogP contribution in [-0.2, 0) is 11.3 Å². The Hall–Kier alpha value is -5.84. The number of carbonyl (C=O) groups is 1. The van der Waals surface area contributed by atoms with E-state index in [1.165, 1.54) is 13.3 Å². The number of para-hydroxylation sites is 1. The number of hydrogen-bond donors (Lipinski definition) is 4. The van der Waals surface area contributed by atoms with Gasteiger partial charge >= 0.3 is 6.01 Å². The van der Waals surface area contributed by atoms with Crippen LogP contribution in [0.3, 0.4) is 0 Å². The fourth-order valence-electron chi connectivity index (χ4n) is 5.18. The lowest BCUT2D eigenvalue weighted by Gasteiger charge is -2.19. The van der Waals surface area contributed by atoms with E-state index >= 15 is 0 Å². The minimum atomic E-state index is -0.307. The van der Waals surface area contributed by atoms with Crippen LogP contribution < -0.4 is 21.9 Å². The molecule has 45 heavy (non-hydrogen) atoms. The molecule has 0 saturated heterocycles. The molecule has 3 heterocycles. The number of rotatable bonds is 7. The second-order valence-corrected chi connectivity index (χ2v) is 10.2. The molecule has 1 amide bonds. The Morgan fingerprint density at radius 2 is 1.76 bits per heavy atom. The summed E-state index contributed by atoms with van der Waals surface area (Å²) in [5.41, 5.74) is 11.3. The lowest BCUT2D eigenvalue weighted by atomic mass is 10.0. The van der Waals surface area contributed by atoms with Crippen molar-refractivity contribution >= 4 is 51.1 Å². The topological polar surface area (TPSA) is 165 Å². The molecule has 0 aliphatic rings. The third-order valence-electron chi connectivity index (χ3n) is 7.21. The van der Waals surface area contributed by atoms with Crippen LogP contribution in [0, 0.1) is 19.3 Å². The van der Waals surface area contributed by atoms with Gasteiger partial charge in [0.15, 0.2) is 5.58 Å². The van der Waals surface area contributed by atoms with Gasteiger partial charge in [-0.15, -0.1) is 0 Å². The second kappa shape index (κ2) is 12.8. The smallest absolute Gasteiger partial charge is 0.302 e. The third kappa shape index (κ3) is 6.00. The highest BCUT2D eigenvalue weighted by Crippen LogP contribution is 2.27. The van der Waals surface area contributed by atoms with E-state index in [4.69, 9.17) is 15.6 Å². The SMILES string of the molecule is CC.CC(=O)Nc1nc2ccc(C(=N)c3c(N)ncnc3NCc3cc4cccc(C)c4c(=O)n3-c3ccccc3C)cc2o1. The first-order valence-corrected chi connectivity index (χ1v) is 14.5. The molecule has 3 aromatic carbocycles. The van der Waals surface area contributed by atoms with Crippen LogP contribution in [0.5, 0.6) is 0 Å². The van der Waals surface area contributed by atoms with Gasteiger partial charge < -0.3 is 15.5 Å². The molecule has 0 atom stereocenters. The highest BCUT2D eigenvalue weighted by atomic mass is 16.4. The molecule has 0 aliphatic carbocycles. The second-order valence-electron chi connectivity index (χ2n) is 10.2. The van der Waals surface area contributed by atoms with Crippen molar-refractivity contribution in [1.82, 2.24) is 19.5 Å². The number of aromatic nitrogens is 4. The number of nitrogens with one attached hydrogen (secondary N) is 3. The van der Waals surface area contributed by atoms with Crippen LogP contribution in [0.1, 0.15) is 48.7 Å². The van der Waals surface area contributed by atoms with E-state index < -0.39 is 0 Å². The summed E-state index contributed by atoms with van der Waals surface area (Å²) in [4.78, 5) is 38.1. The zero-order valence-electron chi connectivity index (χ0n) is 25.7. The summed E-state index contributed by atoms with van der Waals surface area (Å²) in [6.07, 6.45) is 1.33. The first-order chi connectivity index (χ1) is 21.7. The van der Waals surface area contributed by atoms with Gasteiger partial charge in [-0.25, -0.2) is 9.97 Å². The van der Waals surface area contributed by atoms with Crippen molar-refractivity contribution < 1.29 is 9.21 Å². The summed E-state index contributed by atoms with van der Waals surface area (Å²) in [5.74, 6) is 0.144. The zero-order chi connectivity index (χ0) is 32.2. The maximum Gasteiger partial charge on any atom is 0.302 e. The Morgan fingerprint density at radius 3 is 2.51 bits per heavy atom. The molecule has 228 valence electrons. The predicted octanol–water partition coefficient (Wildman–Crippen LogP) is 6.13. The fourth-order valence-corrected chi connectivity index (χ4v) is 5.18. The number of pyridine rings is 1. The summed E-state index contributed by atoms with van der Waals surface area (Å²) in [6.45, 7) is 9.48. The summed E-state index contributed by atoms with van der Waals surface area (Å²) >= 11 is 0. The summed E-state index contributed by atoms with van der Waals surface area (Å²) in [6, 6.07) is 20.6. The first kappa shape index (κ1) is 30.6. The number of hydrogen-bond acceptors (Lipinski definition) is 9. The maximum absolute atomic E-state index is 13.9. The van der Waals surface area contributed by atoms with Gasteiger partial charge in [-0.1, -0.05) is 56.3 Å². The first-order valence-electron chi connectivity index (χ1n) is 14.5. The van der Waals surface area contributed by atoms with Gasteiger partial charge in [-0.2, -0.15) is 4.98 Å². The van der Waals surface area contributed by atoms with Crippen molar-refractivity contribution in [3.05, 3.63) is 111 Å². The number of fused-ring (bicyclic) bond motifs is 2. The fraction of sp³-hybridized carbons (Fsp3) is 0.176. The monoisotopic (exact) mass is 602 g/mol. The summed E-state index contributed by atoms with van der Waals surface area (Å²) in [5, 5.41) is 16.3. The number of anilines is 3. The Labute approximate surface area is 259 Å². The normalized spacial score (nSPS) is 10.8. The molecule has 0 radical (unpaired) electrons. The van der Waals surface area contributed by atoms with E-state index in [0.29, 0.717) is 39.1 Å². The number of nitrogens with two attached hydrogens (primary N) is 1. The number of benzene rings is 3. The molecule has 11 heteroatoms. The number of aryl methyl sites for hydroxylation is 2. The predicted molar refractivity (Wildman–Crippen MR) is 178 cm³/mol. The number of amides is 1.